The molecule has 2 N–H and O–H groups in total. The minimum atomic E-state index is -0.824. The molecule has 24 heavy (non-hydrogen) atoms. The maximum absolute atomic E-state index is 11.1. The van der Waals surface area contributed by atoms with Crippen LogP contribution in [0.5, 0.6) is 17.2 Å². The van der Waals surface area contributed by atoms with E-state index in [2.05, 4.69) is 10.2 Å². The van der Waals surface area contributed by atoms with E-state index in [-0.39, 0.29) is 24.8 Å². The minimum Gasteiger partial charge on any atom is -0.493 e. The van der Waals surface area contributed by atoms with Gasteiger partial charge < -0.3 is 24.6 Å². The summed E-state index contributed by atoms with van der Waals surface area (Å²) in [6.45, 7) is 2.54. The molecule has 0 radical (unpaired) electrons. The number of hydrogen-bond donors (Lipinski definition) is 2. The predicted octanol–water partition coefficient (Wildman–Crippen LogP) is 1.41. The number of nitrogens with one attached hydrogen (secondary N) is 1. The summed E-state index contributed by atoms with van der Waals surface area (Å²) in [6, 6.07) is 3.24. The summed E-state index contributed by atoms with van der Waals surface area (Å²) in [7, 11) is 4.71. The number of ether oxygens (including phenoxy) is 3. The van der Waals surface area contributed by atoms with Gasteiger partial charge in [0.1, 0.15) is 6.04 Å². The van der Waals surface area contributed by atoms with Crippen LogP contribution in [-0.2, 0) is 11.3 Å². The third kappa shape index (κ3) is 5.31. The van der Waals surface area contributed by atoms with Gasteiger partial charge in [-0.05, 0) is 17.7 Å². The van der Waals surface area contributed by atoms with Gasteiger partial charge in [-0.2, -0.15) is 0 Å². The molecule has 1 fully saturated rings. The van der Waals surface area contributed by atoms with E-state index in [0.29, 0.717) is 36.9 Å². The summed E-state index contributed by atoms with van der Waals surface area (Å²) >= 11 is 0. The summed E-state index contributed by atoms with van der Waals surface area (Å²) in [4.78, 5) is 13.2. The van der Waals surface area contributed by atoms with Crippen LogP contribution in [0, 0.1) is 0 Å². The lowest BCUT2D eigenvalue weighted by molar-refractivity contribution is -0.140. The Hall–Kier alpha value is -1.41. The Balaban J connectivity index is 0.00000264. The number of benzene rings is 1. The number of halogens is 2. The number of rotatable bonds is 6. The standard InChI is InChI=1S/C15H22N2O5.2ClH/c1-20-12-6-10(7-13(21-2)14(12)22-3)8-17-5-4-16-11(9-17)15(18)19;;/h6-7,11,16H,4-5,8-9H2,1-3H3,(H,18,19);2*1H. The van der Waals surface area contributed by atoms with Crippen LogP contribution in [0.4, 0.5) is 0 Å². The van der Waals surface area contributed by atoms with E-state index in [4.69, 9.17) is 19.3 Å². The summed E-state index contributed by atoms with van der Waals surface area (Å²) in [5.41, 5.74) is 0.987. The van der Waals surface area contributed by atoms with E-state index in [1.165, 1.54) is 0 Å². The summed E-state index contributed by atoms with van der Waals surface area (Å²) in [6.07, 6.45) is 0. The molecule has 9 heteroatoms. The highest BCUT2D eigenvalue weighted by Gasteiger charge is 2.25. The van der Waals surface area contributed by atoms with Gasteiger partial charge in [-0.25, -0.2) is 0 Å². The Morgan fingerprint density at radius 1 is 1.21 bits per heavy atom. The van der Waals surface area contributed by atoms with Gasteiger partial charge in [0.25, 0.3) is 0 Å². The van der Waals surface area contributed by atoms with Gasteiger partial charge in [0, 0.05) is 26.2 Å². The van der Waals surface area contributed by atoms with Crippen LogP contribution >= 0.6 is 24.8 Å². The van der Waals surface area contributed by atoms with Crippen LogP contribution in [-0.4, -0.2) is 63.0 Å². The number of nitrogens with zero attached hydrogens (tertiary/aromatic N) is 1. The zero-order valence-corrected chi connectivity index (χ0v) is 15.5. The molecule has 1 aromatic carbocycles. The first-order chi connectivity index (χ1) is 10.6. The maximum atomic E-state index is 11.1. The Labute approximate surface area is 154 Å². The highest BCUT2D eigenvalue weighted by atomic mass is 35.5. The van der Waals surface area contributed by atoms with Crippen LogP contribution in [0.1, 0.15) is 5.56 Å². The Morgan fingerprint density at radius 2 is 1.79 bits per heavy atom. The van der Waals surface area contributed by atoms with E-state index < -0.39 is 12.0 Å². The molecular formula is C15H24Cl2N2O5. The first-order valence-corrected chi connectivity index (χ1v) is 7.06. The first-order valence-electron chi connectivity index (χ1n) is 7.06. The molecular weight excluding hydrogens is 359 g/mol. The van der Waals surface area contributed by atoms with Crippen molar-refractivity contribution in [2.75, 3.05) is 41.0 Å². The van der Waals surface area contributed by atoms with Crippen LogP contribution in [0.25, 0.3) is 0 Å². The number of aliphatic carboxylic acids is 1. The fraction of sp³-hybridized carbons (Fsp3) is 0.533. The quantitative estimate of drug-likeness (QED) is 0.769. The molecule has 0 aromatic heterocycles. The highest BCUT2D eigenvalue weighted by molar-refractivity contribution is 5.85. The molecule has 1 saturated heterocycles. The molecule has 2 rings (SSSR count). The fourth-order valence-corrected chi connectivity index (χ4v) is 2.60. The SMILES string of the molecule is COc1cc(CN2CCNC(C(=O)O)C2)cc(OC)c1OC.Cl.Cl. The van der Waals surface area contributed by atoms with Crippen molar-refractivity contribution in [2.45, 2.75) is 12.6 Å². The molecule has 7 nitrogen and oxygen atoms in total. The number of piperazine rings is 1. The molecule has 0 aliphatic carbocycles. The molecule has 1 unspecified atom stereocenters. The van der Waals surface area contributed by atoms with Crippen molar-refractivity contribution >= 4 is 30.8 Å². The van der Waals surface area contributed by atoms with E-state index in [0.717, 1.165) is 12.1 Å². The number of carbonyl (C=O) groups is 1. The van der Waals surface area contributed by atoms with Crippen molar-refractivity contribution in [3.8, 4) is 17.2 Å². The monoisotopic (exact) mass is 382 g/mol. The lowest BCUT2D eigenvalue weighted by atomic mass is 10.1. The predicted molar refractivity (Wildman–Crippen MR) is 95.3 cm³/mol. The van der Waals surface area contributed by atoms with Crippen molar-refractivity contribution in [1.29, 1.82) is 0 Å². The molecule has 0 spiro atoms. The lowest BCUT2D eigenvalue weighted by Gasteiger charge is -2.31. The van der Waals surface area contributed by atoms with Gasteiger partial charge in [0.2, 0.25) is 5.75 Å². The third-order valence-electron chi connectivity index (χ3n) is 3.69. The first kappa shape index (κ1) is 22.6. The van der Waals surface area contributed by atoms with Crippen molar-refractivity contribution in [3.05, 3.63) is 17.7 Å². The van der Waals surface area contributed by atoms with Gasteiger partial charge >= 0.3 is 5.97 Å². The highest BCUT2D eigenvalue weighted by Crippen LogP contribution is 2.38. The van der Waals surface area contributed by atoms with Crippen LogP contribution in [0.3, 0.4) is 0 Å². The van der Waals surface area contributed by atoms with Crippen LogP contribution in [0.15, 0.2) is 12.1 Å². The van der Waals surface area contributed by atoms with Gasteiger partial charge in [0.15, 0.2) is 11.5 Å². The molecule has 1 aliphatic heterocycles. The zero-order chi connectivity index (χ0) is 16.1. The summed E-state index contributed by atoms with van der Waals surface area (Å²) in [5, 5.41) is 12.1. The average Bonchev–Trinajstić information content (AvgIpc) is 2.54. The minimum absolute atomic E-state index is 0. The molecule has 1 aliphatic rings. The Bertz CT molecular complexity index is 520. The second-order valence-corrected chi connectivity index (χ2v) is 5.11. The second-order valence-electron chi connectivity index (χ2n) is 5.11. The van der Waals surface area contributed by atoms with E-state index in [1.807, 2.05) is 12.1 Å². The maximum Gasteiger partial charge on any atom is 0.322 e. The van der Waals surface area contributed by atoms with Gasteiger partial charge in [-0.1, -0.05) is 0 Å². The number of methoxy groups -OCH3 is 3. The number of carboxylic acid groups (broad SMARTS) is 1. The van der Waals surface area contributed by atoms with Crippen molar-refractivity contribution in [3.63, 3.8) is 0 Å². The van der Waals surface area contributed by atoms with Crippen LogP contribution in [0.2, 0.25) is 0 Å². The summed E-state index contributed by atoms with van der Waals surface area (Å²) < 4.78 is 16.0. The molecule has 1 atom stereocenters. The molecule has 0 amide bonds. The van der Waals surface area contributed by atoms with Crippen molar-refractivity contribution in [1.82, 2.24) is 10.2 Å². The molecule has 0 saturated carbocycles. The molecule has 1 aromatic rings. The average molecular weight is 383 g/mol. The zero-order valence-electron chi connectivity index (χ0n) is 13.9. The summed E-state index contributed by atoms with van der Waals surface area (Å²) in [5.74, 6) is 0.926. The van der Waals surface area contributed by atoms with E-state index >= 15 is 0 Å². The molecule has 1 heterocycles. The second kappa shape index (κ2) is 10.5. The largest absolute Gasteiger partial charge is 0.493 e. The number of hydrogen-bond acceptors (Lipinski definition) is 6. The topological polar surface area (TPSA) is 80.3 Å². The lowest BCUT2D eigenvalue weighted by Crippen LogP contribution is -2.53. The molecule has 138 valence electrons. The third-order valence-corrected chi connectivity index (χ3v) is 3.69. The fourth-order valence-electron chi connectivity index (χ4n) is 2.60. The Kier molecular flexibility index (Phi) is 9.84. The van der Waals surface area contributed by atoms with Crippen molar-refractivity contribution in [2.24, 2.45) is 0 Å². The number of carboxylic acids is 1. The Morgan fingerprint density at radius 3 is 2.25 bits per heavy atom. The van der Waals surface area contributed by atoms with Gasteiger partial charge in [-0.15, -0.1) is 24.8 Å². The van der Waals surface area contributed by atoms with Gasteiger partial charge in [-0.3, -0.25) is 9.69 Å². The van der Waals surface area contributed by atoms with E-state index in [9.17, 15) is 4.79 Å². The van der Waals surface area contributed by atoms with Crippen molar-refractivity contribution < 1.29 is 24.1 Å². The van der Waals surface area contributed by atoms with E-state index in [1.54, 1.807) is 21.3 Å². The van der Waals surface area contributed by atoms with Gasteiger partial charge in [0.05, 0.1) is 21.3 Å². The normalized spacial score (nSPS) is 17.2. The smallest absolute Gasteiger partial charge is 0.322 e. The van der Waals surface area contributed by atoms with Crippen LogP contribution < -0.4 is 19.5 Å². The molecule has 0 bridgehead atoms.